The number of nitrogens with one attached hydrogen (secondary N) is 1. The van der Waals surface area contributed by atoms with E-state index in [0.29, 0.717) is 30.1 Å². The van der Waals surface area contributed by atoms with E-state index in [1.54, 1.807) is 17.9 Å². The first-order valence-electron chi connectivity index (χ1n) is 12.7. The number of halogens is 1. The maximum Gasteiger partial charge on any atom is 0.310 e. The number of fused-ring (bicyclic) bond motifs is 1. The second-order valence-electron chi connectivity index (χ2n) is 9.40. The van der Waals surface area contributed by atoms with Crippen LogP contribution in [-0.4, -0.2) is 53.6 Å². The number of esters is 1. The van der Waals surface area contributed by atoms with Gasteiger partial charge in [0.15, 0.2) is 0 Å². The number of aliphatic hydroxyl groups is 1. The number of aryl methyl sites for hydroxylation is 1. The first-order chi connectivity index (χ1) is 16.8. The normalized spacial score (nSPS) is 25.5. The first kappa shape index (κ1) is 27.2. The summed E-state index contributed by atoms with van der Waals surface area (Å²) in [7, 11) is 0. The molecular formula is C27H37ClN2O5. The fraction of sp³-hybridized carbons (Fsp3) is 0.593. The molecule has 2 amide bonds. The minimum Gasteiger partial charge on any atom is -0.466 e. The van der Waals surface area contributed by atoms with E-state index in [1.165, 1.54) is 0 Å². The molecule has 192 valence electrons. The van der Waals surface area contributed by atoms with Crippen LogP contribution in [0.15, 0.2) is 30.4 Å². The zero-order chi connectivity index (χ0) is 25.5. The molecule has 1 fully saturated rings. The van der Waals surface area contributed by atoms with Gasteiger partial charge in [0, 0.05) is 19.1 Å². The number of nitrogens with zero attached hydrogens (tertiary/aromatic N) is 1. The number of aliphatic hydroxyl groups excluding tert-OH is 1. The molecule has 1 aromatic rings. The largest absolute Gasteiger partial charge is 0.466 e. The van der Waals surface area contributed by atoms with E-state index in [1.807, 2.05) is 38.1 Å². The molecule has 8 heteroatoms. The van der Waals surface area contributed by atoms with Gasteiger partial charge in [-0.3, -0.25) is 14.4 Å². The molecule has 1 aliphatic carbocycles. The van der Waals surface area contributed by atoms with E-state index in [0.717, 1.165) is 24.8 Å². The lowest BCUT2D eigenvalue weighted by atomic mass is 9.69. The molecule has 0 radical (unpaired) electrons. The van der Waals surface area contributed by atoms with Crippen LogP contribution >= 0.6 is 11.6 Å². The van der Waals surface area contributed by atoms with Crippen LogP contribution in [0, 0.1) is 30.6 Å². The fourth-order valence-electron chi connectivity index (χ4n) is 5.47. The van der Waals surface area contributed by atoms with Crippen molar-refractivity contribution in [2.75, 3.05) is 25.1 Å². The van der Waals surface area contributed by atoms with E-state index < -0.39 is 23.8 Å². The third kappa shape index (κ3) is 5.89. The summed E-state index contributed by atoms with van der Waals surface area (Å²) >= 11 is 6.36. The van der Waals surface area contributed by atoms with Gasteiger partial charge in [-0.2, -0.15) is 0 Å². The highest BCUT2D eigenvalue weighted by Gasteiger charge is 2.57. The molecule has 1 aromatic carbocycles. The molecule has 1 heterocycles. The third-order valence-corrected chi connectivity index (χ3v) is 7.40. The Morgan fingerprint density at radius 2 is 1.94 bits per heavy atom. The number of rotatable bonds is 11. The number of anilines is 1. The van der Waals surface area contributed by atoms with Crippen molar-refractivity contribution in [1.82, 2.24) is 4.90 Å². The summed E-state index contributed by atoms with van der Waals surface area (Å²) in [6.45, 7) is 6.38. The third-order valence-electron chi connectivity index (χ3n) is 7.09. The van der Waals surface area contributed by atoms with E-state index in [-0.39, 0.29) is 36.9 Å². The molecule has 35 heavy (non-hydrogen) atoms. The van der Waals surface area contributed by atoms with Gasteiger partial charge < -0.3 is 20.1 Å². The lowest BCUT2D eigenvalue weighted by Crippen LogP contribution is -2.44. The zero-order valence-corrected chi connectivity index (χ0v) is 21.6. The van der Waals surface area contributed by atoms with Crippen LogP contribution in [-0.2, 0) is 19.1 Å². The van der Waals surface area contributed by atoms with Crippen LogP contribution in [0.4, 0.5) is 5.69 Å². The van der Waals surface area contributed by atoms with Gasteiger partial charge in [-0.15, -0.1) is 0 Å². The number of unbranched alkanes of at least 4 members (excludes halogenated alkanes) is 2. The molecule has 7 nitrogen and oxygen atoms in total. The highest BCUT2D eigenvalue weighted by molar-refractivity contribution is 6.34. The number of carbonyl (C=O) groups is 3. The zero-order valence-electron chi connectivity index (χ0n) is 20.8. The van der Waals surface area contributed by atoms with E-state index >= 15 is 0 Å². The number of ether oxygens (including phenoxy) is 1. The summed E-state index contributed by atoms with van der Waals surface area (Å²) in [6, 6.07) is 4.64. The Kier molecular flexibility index (Phi) is 9.75. The predicted octanol–water partition coefficient (Wildman–Crippen LogP) is 4.36. The molecule has 0 saturated carbocycles. The summed E-state index contributed by atoms with van der Waals surface area (Å²) in [5.74, 6) is -2.67. The van der Waals surface area contributed by atoms with Crippen molar-refractivity contribution in [2.45, 2.75) is 58.9 Å². The molecule has 1 aliphatic heterocycles. The number of hydrogen-bond acceptors (Lipinski definition) is 5. The van der Waals surface area contributed by atoms with Crippen LogP contribution in [0.2, 0.25) is 5.02 Å². The van der Waals surface area contributed by atoms with Gasteiger partial charge in [0.05, 0.1) is 29.2 Å². The molecule has 1 saturated heterocycles. The monoisotopic (exact) mass is 504 g/mol. The van der Waals surface area contributed by atoms with Crippen LogP contribution in [0.5, 0.6) is 0 Å². The van der Waals surface area contributed by atoms with Crippen molar-refractivity contribution in [3.8, 4) is 0 Å². The van der Waals surface area contributed by atoms with Crippen molar-refractivity contribution in [1.29, 1.82) is 0 Å². The quantitative estimate of drug-likeness (QED) is 0.265. The molecule has 0 spiro atoms. The topological polar surface area (TPSA) is 95.9 Å². The second kappa shape index (κ2) is 12.5. The van der Waals surface area contributed by atoms with Gasteiger partial charge >= 0.3 is 5.97 Å². The summed E-state index contributed by atoms with van der Waals surface area (Å²) in [4.78, 5) is 42.2. The van der Waals surface area contributed by atoms with Crippen LogP contribution < -0.4 is 5.32 Å². The molecule has 0 aromatic heterocycles. The number of carbonyl (C=O) groups excluding carboxylic acids is 3. The average molecular weight is 505 g/mol. The number of amides is 2. The molecule has 0 bridgehead atoms. The Morgan fingerprint density at radius 1 is 1.17 bits per heavy atom. The highest BCUT2D eigenvalue weighted by Crippen LogP contribution is 2.46. The van der Waals surface area contributed by atoms with Gasteiger partial charge in [-0.1, -0.05) is 49.2 Å². The van der Waals surface area contributed by atoms with E-state index in [9.17, 15) is 14.4 Å². The molecule has 3 rings (SSSR count). The van der Waals surface area contributed by atoms with Crippen molar-refractivity contribution in [2.24, 2.45) is 23.7 Å². The number of para-hydroxylation sites is 1. The molecule has 5 atom stereocenters. The van der Waals surface area contributed by atoms with Gasteiger partial charge in [0.25, 0.3) is 0 Å². The number of allylic oxidation sites excluding steroid dienone is 1. The Bertz CT molecular complexity index is 929. The molecule has 0 unspecified atom stereocenters. The molecular weight excluding hydrogens is 468 g/mol. The minimum atomic E-state index is -0.756. The smallest absolute Gasteiger partial charge is 0.310 e. The lowest BCUT2D eigenvalue weighted by Gasteiger charge is -2.33. The fourth-order valence-corrected chi connectivity index (χ4v) is 5.73. The highest BCUT2D eigenvalue weighted by atomic mass is 35.5. The van der Waals surface area contributed by atoms with Gasteiger partial charge in [-0.05, 0) is 57.1 Å². The van der Waals surface area contributed by atoms with Crippen LogP contribution in [0.1, 0.15) is 51.5 Å². The van der Waals surface area contributed by atoms with Gasteiger partial charge in [-0.25, -0.2) is 0 Å². The lowest BCUT2D eigenvalue weighted by molar-refractivity contribution is -0.155. The van der Waals surface area contributed by atoms with Crippen molar-refractivity contribution in [3.63, 3.8) is 0 Å². The summed E-state index contributed by atoms with van der Waals surface area (Å²) < 4.78 is 5.40. The minimum absolute atomic E-state index is 0.0846. The van der Waals surface area contributed by atoms with Gasteiger partial charge in [0.2, 0.25) is 11.8 Å². The Morgan fingerprint density at radius 3 is 2.60 bits per heavy atom. The summed E-state index contributed by atoms with van der Waals surface area (Å²) in [5, 5.41) is 12.5. The second-order valence-corrected chi connectivity index (χ2v) is 9.81. The SMILES string of the molecule is CCC[C@@H]1C=C[C@H]2[C@H](C(=O)N(CCCCCO)[C@@H]2C(=O)Nc2c(C)cccc2Cl)[C@@H]1C(=O)OCC. The Labute approximate surface area is 212 Å². The maximum absolute atomic E-state index is 13.8. The van der Waals surface area contributed by atoms with Crippen LogP contribution in [0.3, 0.4) is 0 Å². The summed E-state index contributed by atoms with van der Waals surface area (Å²) in [6.07, 6.45) is 7.62. The predicted molar refractivity (Wildman–Crippen MR) is 136 cm³/mol. The first-order valence-corrected chi connectivity index (χ1v) is 13.1. The Balaban J connectivity index is 1.97. The average Bonchev–Trinajstić information content (AvgIpc) is 3.11. The molecule has 2 N–H and O–H groups in total. The maximum atomic E-state index is 13.8. The van der Waals surface area contributed by atoms with Crippen molar-refractivity contribution in [3.05, 3.63) is 40.9 Å². The summed E-state index contributed by atoms with van der Waals surface area (Å²) in [5.41, 5.74) is 1.36. The Hall–Kier alpha value is -2.38. The van der Waals surface area contributed by atoms with E-state index in [2.05, 4.69) is 5.32 Å². The van der Waals surface area contributed by atoms with Crippen LogP contribution in [0.25, 0.3) is 0 Å². The number of likely N-dealkylation sites (tertiary alicyclic amines) is 1. The number of benzene rings is 1. The number of hydrogen-bond donors (Lipinski definition) is 2. The van der Waals surface area contributed by atoms with E-state index in [4.69, 9.17) is 21.4 Å². The van der Waals surface area contributed by atoms with Gasteiger partial charge in [0.1, 0.15) is 6.04 Å². The van der Waals surface area contributed by atoms with Crippen molar-refractivity contribution < 1.29 is 24.2 Å². The van der Waals surface area contributed by atoms with Crippen molar-refractivity contribution >= 4 is 35.1 Å². The molecule has 2 aliphatic rings. The standard InChI is InChI=1S/C27H37ClN2O5/c1-4-10-18-13-14-19-22(21(18)27(34)35-5-2)26(33)30(15-7-6-8-16-31)24(19)25(32)29-23-17(3)11-9-12-20(23)28/h9,11-14,18-19,21-22,24,31H,4-8,10,15-16H2,1-3H3,(H,29,32)/t18-,19+,21-,22+,24+/m1/s1.